The van der Waals surface area contributed by atoms with Crippen molar-refractivity contribution in [1.29, 1.82) is 0 Å². The van der Waals surface area contributed by atoms with Crippen LogP contribution in [0.4, 0.5) is 13.2 Å². The zero-order chi connectivity index (χ0) is 22.8. The first kappa shape index (κ1) is 23.3. The van der Waals surface area contributed by atoms with E-state index >= 15 is 0 Å². The summed E-state index contributed by atoms with van der Waals surface area (Å²) in [6.45, 7) is 0. The summed E-state index contributed by atoms with van der Waals surface area (Å²) in [6.07, 6.45) is 1.82. The van der Waals surface area contributed by atoms with Crippen molar-refractivity contribution in [3.05, 3.63) is 0 Å². The first-order valence-electron chi connectivity index (χ1n) is 11.3. The van der Waals surface area contributed by atoms with Crippen molar-refractivity contribution in [3.8, 4) is 0 Å². The Labute approximate surface area is 185 Å². The quantitative estimate of drug-likeness (QED) is 0.444. The van der Waals surface area contributed by atoms with Crippen LogP contribution in [0.25, 0.3) is 0 Å². The van der Waals surface area contributed by atoms with Crippen molar-refractivity contribution in [2.45, 2.75) is 118 Å². The molecule has 5 fully saturated rings. The summed E-state index contributed by atoms with van der Waals surface area (Å²) < 4.78 is 98.9. The van der Waals surface area contributed by atoms with Crippen molar-refractivity contribution in [2.24, 2.45) is 0 Å². The third kappa shape index (κ3) is 3.79. The van der Waals surface area contributed by atoms with Gasteiger partial charge in [-0.25, -0.2) is 0 Å². The Morgan fingerprint density at radius 1 is 0.719 bits per heavy atom. The lowest BCUT2D eigenvalue weighted by atomic mass is 9.85. The Bertz CT molecular complexity index is 806. The van der Waals surface area contributed by atoms with E-state index in [0.29, 0.717) is 25.7 Å². The molecule has 2 heterocycles. The number of alkyl halides is 3. The van der Waals surface area contributed by atoms with E-state index in [2.05, 4.69) is 0 Å². The number of halogens is 3. The summed E-state index contributed by atoms with van der Waals surface area (Å²) in [4.78, 5) is 0. The van der Waals surface area contributed by atoms with Gasteiger partial charge >= 0.3 is 15.6 Å². The van der Waals surface area contributed by atoms with Gasteiger partial charge in [0.15, 0.2) is 11.6 Å². The van der Waals surface area contributed by atoms with E-state index in [1.807, 2.05) is 0 Å². The molecule has 3 aliphatic carbocycles. The molecule has 2 saturated heterocycles. The average molecular weight is 487 g/mol. The minimum Gasteiger partial charge on any atom is -0.376 e. The summed E-state index contributed by atoms with van der Waals surface area (Å²) in [6, 6.07) is 0. The zero-order valence-corrected chi connectivity index (χ0v) is 18.7. The van der Waals surface area contributed by atoms with Crippen molar-refractivity contribution in [2.75, 3.05) is 7.11 Å². The number of hydrogen-bond donors (Lipinski definition) is 0. The van der Waals surface area contributed by atoms with Gasteiger partial charge < -0.3 is 23.7 Å². The first-order chi connectivity index (χ1) is 15.1. The Kier molecular flexibility index (Phi) is 5.83. The van der Waals surface area contributed by atoms with Crippen molar-refractivity contribution in [1.82, 2.24) is 0 Å². The van der Waals surface area contributed by atoms with Gasteiger partial charge in [0.05, 0.1) is 0 Å². The zero-order valence-electron chi connectivity index (χ0n) is 17.8. The highest BCUT2D eigenvalue weighted by Crippen LogP contribution is 2.52. The molecule has 2 spiro atoms. The van der Waals surface area contributed by atoms with E-state index < -0.39 is 63.8 Å². The first-order valence-corrected chi connectivity index (χ1v) is 12.7. The molecule has 0 bridgehead atoms. The van der Waals surface area contributed by atoms with Crippen LogP contribution in [-0.2, 0) is 38.0 Å². The fourth-order valence-corrected chi connectivity index (χ4v) is 6.56. The van der Waals surface area contributed by atoms with Gasteiger partial charge in [-0.3, -0.25) is 4.18 Å². The van der Waals surface area contributed by atoms with E-state index in [1.165, 1.54) is 7.11 Å². The van der Waals surface area contributed by atoms with E-state index in [-0.39, 0.29) is 0 Å². The molecule has 5 rings (SSSR count). The Morgan fingerprint density at radius 3 is 1.53 bits per heavy atom. The van der Waals surface area contributed by atoms with Crippen LogP contribution < -0.4 is 0 Å². The number of hydrogen-bond acceptors (Lipinski definition) is 8. The van der Waals surface area contributed by atoms with Crippen LogP contribution in [0.15, 0.2) is 0 Å². The van der Waals surface area contributed by atoms with Crippen LogP contribution in [0.5, 0.6) is 0 Å². The third-order valence-electron chi connectivity index (χ3n) is 7.37. The highest BCUT2D eigenvalue weighted by molar-refractivity contribution is 7.87. The molecule has 5 aliphatic rings. The fourth-order valence-electron chi connectivity index (χ4n) is 5.94. The number of fused-ring (bicyclic) bond motifs is 3. The SMILES string of the molecule is CO[C@H]1[C@@H]2OC3(CCCCC3)O[C@H]2[C@@H]2OC3(CCCCC3)O[C@@H]2[C@H]1OS(=O)(=O)C(F)(F)F. The predicted octanol–water partition coefficient (Wildman–Crippen LogP) is 3.14. The Morgan fingerprint density at radius 2 is 1.12 bits per heavy atom. The maximum Gasteiger partial charge on any atom is 0.523 e. The molecule has 184 valence electrons. The van der Waals surface area contributed by atoms with E-state index in [0.717, 1.165) is 38.5 Å². The van der Waals surface area contributed by atoms with Gasteiger partial charge in [-0.05, 0) is 25.7 Å². The monoisotopic (exact) mass is 486 g/mol. The van der Waals surface area contributed by atoms with Gasteiger partial charge in [0.1, 0.15) is 36.6 Å². The van der Waals surface area contributed by atoms with Gasteiger partial charge in [0, 0.05) is 32.8 Å². The van der Waals surface area contributed by atoms with Gasteiger partial charge in [-0.15, -0.1) is 0 Å². The number of ether oxygens (including phenoxy) is 5. The molecular formula is C20H29F3O8S. The molecule has 0 amide bonds. The highest BCUT2D eigenvalue weighted by atomic mass is 32.2. The highest BCUT2D eigenvalue weighted by Gasteiger charge is 2.68. The summed E-state index contributed by atoms with van der Waals surface area (Å²) in [5, 5.41) is 0. The second-order valence-electron chi connectivity index (χ2n) is 9.43. The second kappa shape index (κ2) is 8.03. The van der Waals surface area contributed by atoms with Gasteiger partial charge in [-0.2, -0.15) is 21.6 Å². The lowest BCUT2D eigenvalue weighted by molar-refractivity contribution is -0.224. The Hall–Kier alpha value is -0.500. The molecular weight excluding hydrogens is 457 g/mol. The third-order valence-corrected chi connectivity index (χ3v) is 8.41. The summed E-state index contributed by atoms with van der Waals surface area (Å²) in [5.74, 6) is -1.87. The number of methoxy groups -OCH3 is 1. The maximum absolute atomic E-state index is 13.2. The van der Waals surface area contributed by atoms with Gasteiger partial charge in [-0.1, -0.05) is 12.8 Å². The van der Waals surface area contributed by atoms with Crippen LogP contribution in [0.1, 0.15) is 64.2 Å². The lowest BCUT2D eigenvalue weighted by Gasteiger charge is -2.41. The van der Waals surface area contributed by atoms with Crippen molar-refractivity contribution in [3.63, 3.8) is 0 Å². The van der Waals surface area contributed by atoms with Crippen LogP contribution in [0.2, 0.25) is 0 Å². The lowest BCUT2D eigenvalue weighted by Crippen LogP contribution is -2.63. The van der Waals surface area contributed by atoms with Crippen molar-refractivity contribution >= 4 is 10.1 Å². The predicted molar refractivity (Wildman–Crippen MR) is 102 cm³/mol. The topological polar surface area (TPSA) is 89.5 Å². The normalized spacial score (nSPS) is 41.0. The Balaban J connectivity index is 1.50. The molecule has 0 aromatic carbocycles. The molecule has 2 aliphatic heterocycles. The minimum atomic E-state index is -5.90. The molecule has 3 saturated carbocycles. The molecule has 0 aromatic heterocycles. The molecule has 0 unspecified atom stereocenters. The summed E-state index contributed by atoms with van der Waals surface area (Å²) in [7, 11) is -4.60. The molecule has 0 aromatic rings. The van der Waals surface area contributed by atoms with Crippen LogP contribution >= 0.6 is 0 Å². The minimum absolute atomic E-state index is 0.569. The number of rotatable bonds is 3. The second-order valence-corrected chi connectivity index (χ2v) is 11.0. The van der Waals surface area contributed by atoms with Gasteiger partial charge in [0.25, 0.3) is 0 Å². The molecule has 8 nitrogen and oxygen atoms in total. The fraction of sp³-hybridized carbons (Fsp3) is 1.00. The molecule has 32 heavy (non-hydrogen) atoms. The molecule has 0 N–H and O–H groups in total. The maximum atomic E-state index is 13.2. The average Bonchev–Trinajstić information content (AvgIpc) is 3.27. The van der Waals surface area contributed by atoms with Crippen LogP contribution in [0.3, 0.4) is 0 Å². The smallest absolute Gasteiger partial charge is 0.376 e. The molecule has 12 heteroatoms. The molecule has 6 atom stereocenters. The molecule has 0 radical (unpaired) electrons. The van der Waals surface area contributed by atoms with Crippen molar-refractivity contribution < 1.29 is 49.5 Å². The van der Waals surface area contributed by atoms with E-state index in [1.54, 1.807) is 0 Å². The summed E-state index contributed by atoms with van der Waals surface area (Å²) in [5.41, 5.74) is -5.57. The van der Waals surface area contributed by atoms with Crippen LogP contribution in [-0.4, -0.2) is 69.2 Å². The van der Waals surface area contributed by atoms with Crippen LogP contribution in [0, 0.1) is 0 Å². The standard InChI is InChI=1S/C20H29F3O8S/c1-26-12-13-14(28-18(27-13)8-4-2-5-9-18)15-16(17(12)31-32(24,25)20(21,22)23)30-19(29-15)10-6-3-7-11-19/h12-17H,2-11H2,1H3/t12-,13-,14+,15-,16-,17-/m0/s1. The van der Waals surface area contributed by atoms with E-state index in [4.69, 9.17) is 27.9 Å². The largest absolute Gasteiger partial charge is 0.523 e. The van der Waals surface area contributed by atoms with Gasteiger partial charge in [0.2, 0.25) is 0 Å². The van der Waals surface area contributed by atoms with E-state index in [9.17, 15) is 21.6 Å². The summed E-state index contributed by atoms with van der Waals surface area (Å²) >= 11 is 0.